The largest absolute Gasteiger partial charge is 0.324 e. The van der Waals surface area contributed by atoms with E-state index in [0.29, 0.717) is 38.2 Å². The molecule has 3 rings (SSSR count). The van der Waals surface area contributed by atoms with E-state index in [4.69, 9.17) is 34.8 Å². The van der Waals surface area contributed by atoms with Gasteiger partial charge in [-0.3, -0.25) is 4.79 Å². The van der Waals surface area contributed by atoms with Crippen LogP contribution in [0.15, 0.2) is 54.2 Å². The highest BCUT2D eigenvalue weighted by Gasteiger charge is 2.15. The van der Waals surface area contributed by atoms with Gasteiger partial charge >= 0.3 is 0 Å². The minimum Gasteiger partial charge on any atom is -0.324 e. The minimum atomic E-state index is -0.268. The van der Waals surface area contributed by atoms with Gasteiger partial charge in [0.15, 0.2) is 5.16 Å². The van der Waals surface area contributed by atoms with E-state index in [-0.39, 0.29) is 17.5 Å². The lowest BCUT2D eigenvalue weighted by Crippen LogP contribution is -2.15. The van der Waals surface area contributed by atoms with Crippen LogP contribution < -0.4 is 5.32 Å². The number of halogens is 4. The molecular formula is C21H18Cl3FN4OS2. The van der Waals surface area contributed by atoms with E-state index in [1.165, 1.54) is 36.0 Å². The molecule has 168 valence electrons. The molecule has 0 fully saturated rings. The Labute approximate surface area is 208 Å². The molecule has 5 nitrogen and oxygen atoms in total. The summed E-state index contributed by atoms with van der Waals surface area (Å²) in [5, 5.41) is 12.7. The van der Waals surface area contributed by atoms with Gasteiger partial charge in [-0.15, -0.1) is 28.5 Å². The maximum Gasteiger partial charge on any atom is 0.234 e. The van der Waals surface area contributed by atoms with E-state index < -0.39 is 0 Å². The molecule has 0 aliphatic carbocycles. The van der Waals surface area contributed by atoms with Crippen molar-refractivity contribution in [2.45, 2.75) is 23.2 Å². The van der Waals surface area contributed by atoms with E-state index in [1.807, 2.05) is 4.57 Å². The van der Waals surface area contributed by atoms with Gasteiger partial charge in [0.25, 0.3) is 0 Å². The minimum absolute atomic E-state index is 0.106. The molecule has 0 saturated carbocycles. The third-order valence-electron chi connectivity index (χ3n) is 4.13. The summed E-state index contributed by atoms with van der Waals surface area (Å²) < 4.78 is 14.9. The third kappa shape index (κ3) is 6.89. The first-order valence-electron chi connectivity index (χ1n) is 9.29. The molecule has 2 aromatic carbocycles. The van der Waals surface area contributed by atoms with Crippen LogP contribution in [0.3, 0.4) is 0 Å². The van der Waals surface area contributed by atoms with Crippen molar-refractivity contribution in [2.75, 3.05) is 11.1 Å². The molecule has 11 heteroatoms. The number of benzene rings is 2. The number of carbonyl (C=O) groups excluding carboxylic acids is 1. The fourth-order valence-electron chi connectivity index (χ4n) is 2.62. The molecule has 0 saturated heterocycles. The summed E-state index contributed by atoms with van der Waals surface area (Å²) in [6.07, 6.45) is 1.75. The predicted octanol–water partition coefficient (Wildman–Crippen LogP) is 6.73. The molecule has 0 aliphatic rings. The average Bonchev–Trinajstić information content (AvgIpc) is 3.14. The smallest absolute Gasteiger partial charge is 0.234 e. The van der Waals surface area contributed by atoms with E-state index in [2.05, 4.69) is 22.1 Å². The van der Waals surface area contributed by atoms with Gasteiger partial charge in [-0.05, 0) is 29.8 Å². The van der Waals surface area contributed by atoms with Gasteiger partial charge < -0.3 is 9.88 Å². The zero-order chi connectivity index (χ0) is 23.1. The highest BCUT2D eigenvalue weighted by Crippen LogP contribution is 2.32. The molecule has 0 spiro atoms. The van der Waals surface area contributed by atoms with Crippen molar-refractivity contribution < 1.29 is 9.18 Å². The Hall–Kier alpha value is -1.71. The number of aromatic nitrogens is 3. The van der Waals surface area contributed by atoms with Gasteiger partial charge in [-0.2, -0.15) is 0 Å². The lowest BCUT2D eigenvalue weighted by Gasteiger charge is -2.10. The highest BCUT2D eigenvalue weighted by molar-refractivity contribution is 7.99. The van der Waals surface area contributed by atoms with Crippen molar-refractivity contribution in [2.24, 2.45) is 0 Å². The quantitative estimate of drug-likeness (QED) is 0.179. The molecule has 0 aliphatic heterocycles. The molecule has 0 radical (unpaired) electrons. The Kier molecular flexibility index (Phi) is 9.31. The summed E-state index contributed by atoms with van der Waals surface area (Å²) in [6, 6.07) is 9.39. The first kappa shape index (κ1) is 24.9. The zero-order valence-electron chi connectivity index (χ0n) is 16.7. The molecule has 3 aromatic rings. The normalized spacial score (nSPS) is 10.9. The van der Waals surface area contributed by atoms with Gasteiger partial charge in [-0.25, -0.2) is 4.39 Å². The van der Waals surface area contributed by atoms with Crippen molar-refractivity contribution >= 4 is 69.9 Å². The summed E-state index contributed by atoms with van der Waals surface area (Å²) in [7, 11) is 0. The van der Waals surface area contributed by atoms with Crippen LogP contribution in [0, 0.1) is 5.82 Å². The molecule has 1 N–H and O–H groups in total. The van der Waals surface area contributed by atoms with Crippen LogP contribution in [0.25, 0.3) is 0 Å². The number of allylic oxidation sites excluding steroid dienone is 1. The van der Waals surface area contributed by atoms with Crippen LogP contribution in [-0.2, 0) is 22.8 Å². The van der Waals surface area contributed by atoms with Crippen LogP contribution >= 0.6 is 58.3 Å². The Balaban J connectivity index is 1.58. The van der Waals surface area contributed by atoms with Crippen molar-refractivity contribution in [3.05, 3.63) is 81.3 Å². The van der Waals surface area contributed by atoms with Crippen LogP contribution in [-0.4, -0.2) is 26.4 Å². The van der Waals surface area contributed by atoms with Crippen molar-refractivity contribution in [3.8, 4) is 0 Å². The van der Waals surface area contributed by atoms with Crippen molar-refractivity contribution in [1.29, 1.82) is 0 Å². The second-order valence-electron chi connectivity index (χ2n) is 6.50. The third-order valence-corrected chi connectivity index (χ3v) is 7.14. The first-order chi connectivity index (χ1) is 15.4. The number of rotatable bonds is 10. The fourth-order valence-corrected chi connectivity index (χ4v) is 4.91. The molecule has 32 heavy (non-hydrogen) atoms. The number of carbonyl (C=O) groups is 1. The summed E-state index contributed by atoms with van der Waals surface area (Å²) in [6.45, 7) is 4.30. The molecule has 0 atom stereocenters. The average molecular weight is 532 g/mol. The molecule has 1 aromatic heterocycles. The predicted molar refractivity (Wildman–Crippen MR) is 132 cm³/mol. The maximum atomic E-state index is 13.0. The Morgan fingerprint density at radius 1 is 1.09 bits per heavy atom. The molecule has 1 heterocycles. The van der Waals surface area contributed by atoms with Gasteiger partial charge in [0.2, 0.25) is 5.91 Å². The number of amides is 1. The number of nitrogens with zero attached hydrogens (tertiary/aromatic N) is 3. The number of thioether (sulfide) groups is 2. The molecular weight excluding hydrogens is 514 g/mol. The lowest BCUT2D eigenvalue weighted by molar-refractivity contribution is -0.113. The maximum absolute atomic E-state index is 13.0. The summed E-state index contributed by atoms with van der Waals surface area (Å²) in [4.78, 5) is 12.4. The summed E-state index contributed by atoms with van der Waals surface area (Å²) in [5.41, 5.74) is 1.41. The Bertz CT molecular complexity index is 1110. The summed E-state index contributed by atoms with van der Waals surface area (Å²) >= 11 is 20.9. The molecule has 0 unspecified atom stereocenters. The van der Waals surface area contributed by atoms with E-state index in [0.717, 1.165) is 17.1 Å². The number of hydrogen-bond acceptors (Lipinski definition) is 5. The first-order valence-corrected chi connectivity index (χ1v) is 12.6. The van der Waals surface area contributed by atoms with E-state index >= 15 is 0 Å². The topological polar surface area (TPSA) is 59.8 Å². The van der Waals surface area contributed by atoms with E-state index in [9.17, 15) is 9.18 Å². The van der Waals surface area contributed by atoms with Crippen molar-refractivity contribution in [3.63, 3.8) is 0 Å². The van der Waals surface area contributed by atoms with Crippen LogP contribution in [0.1, 0.15) is 11.4 Å². The van der Waals surface area contributed by atoms with Gasteiger partial charge in [0.05, 0.1) is 32.3 Å². The van der Waals surface area contributed by atoms with Crippen molar-refractivity contribution in [1.82, 2.24) is 14.8 Å². The number of anilines is 1. The monoisotopic (exact) mass is 530 g/mol. The standard InChI is InChI=1S/C21H18Cl3FN4OS2/c1-2-7-29-19(11-31-10-13-3-5-14(25)6-4-13)27-28-21(29)32-12-20(30)26-18-9-16(23)15(22)8-17(18)24/h2-6,8-9H,1,7,10-12H2,(H,26,30). The molecule has 1 amide bonds. The summed E-state index contributed by atoms with van der Waals surface area (Å²) in [5.74, 6) is 1.69. The lowest BCUT2D eigenvalue weighted by atomic mass is 10.2. The zero-order valence-corrected chi connectivity index (χ0v) is 20.6. The highest BCUT2D eigenvalue weighted by atomic mass is 35.5. The second kappa shape index (κ2) is 12.0. The van der Waals surface area contributed by atoms with Crippen LogP contribution in [0.5, 0.6) is 0 Å². The number of hydrogen-bond donors (Lipinski definition) is 1. The van der Waals surface area contributed by atoms with Gasteiger partial charge in [0.1, 0.15) is 11.6 Å². The second-order valence-corrected chi connectivity index (χ2v) is 9.65. The fraction of sp³-hybridized carbons (Fsp3) is 0.190. The Morgan fingerprint density at radius 3 is 2.53 bits per heavy atom. The van der Waals surface area contributed by atoms with Gasteiger partial charge in [0, 0.05) is 12.3 Å². The van der Waals surface area contributed by atoms with Crippen LogP contribution in [0.2, 0.25) is 15.1 Å². The Morgan fingerprint density at radius 2 is 1.81 bits per heavy atom. The van der Waals surface area contributed by atoms with Gasteiger partial charge in [-0.1, -0.05) is 64.8 Å². The molecule has 0 bridgehead atoms. The van der Waals surface area contributed by atoms with E-state index in [1.54, 1.807) is 30.0 Å². The van der Waals surface area contributed by atoms with Crippen LogP contribution in [0.4, 0.5) is 10.1 Å². The number of nitrogens with one attached hydrogen (secondary N) is 1. The SMILES string of the molecule is C=CCn1c(CSCc2ccc(F)cc2)nnc1SCC(=O)Nc1cc(Cl)c(Cl)cc1Cl.